The summed E-state index contributed by atoms with van der Waals surface area (Å²) in [7, 11) is 0. The quantitative estimate of drug-likeness (QED) is 0.301. The molecule has 0 amide bonds. The summed E-state index contributed by atoms with van der Waals surface area (Å²) in [5.41, 5.74) is -2.96. The van der Waals surface area contributed by atoms with E-state index >= 15 is 0 Å². The van der Waals surface area contributed by atoms with Crippen LogP contribution in [0.2, 0.25) is 0 Å². The Kier molecular flexibility index (Phi) is 3.87. The second-order valence-electron chi connectivity index (χ2n) is 7.15. The molecule has 0 spiro atoms. The third kappa shape index (κ3) is 2.74. The van der Waals surface area contributed by atoms with Crippen LogP contribution in [0.4, 0.5) is 26.3 Å². The zero-order valence-corrected chi connectivity index (χ0v) is 15.2. The van der Waals surface area contributed by atoms with Gasteiger partial charge in [-0.25, -0.2) is 0 Å². The highest BCUT2D eigenvalue weighted by Crippen LogP contribution is 2.50. The van der Waals surface area contributed by atoms with Crippen LogP contribution < -0.4 is 0 Å². The van der Waals surface area contributed by atoms with Gasteiger partial charge in [-0.1, -0.05) is 36.4 Å². The molecule has 0 bridgehead atoms. The Morgan fingerprint density at radius 1 is 0.567 bits per heavy atom. The van der Waals surface area contributed by atoms with Gasteiger partial charge in [0.2, 0.25) is 0 Å². The third-order valence-electron chi connectivity index (χ3n) is 5.35. The highest BCUT2D eigenvalue weighted by molar-refractivity contribution is 5.97. The summed E-state index contributed by atoms with van der Waals surface area (Å²) in [5.74, 6) is 0. The van der Waals surface area contributed by atoms with Gasteiger partial charge in [0.1, 0.15) is 0 Å². The topological polar surface area (TPSA) is 25.8 Å². The normalized spacial score (nSPS) is 14.1. The number of fused-ring (bicyclic) bond motifs is 5. The van der Waals surface area contributed by atoms with E-state index in [0.29, 0.717) is 0 Å². The summed E-state index contributed by atoms with van der Waals surface area (Å²) in [6.45, 7) is 0. The van der Waals surface area contributed by atoms with Crippen molar-refractivity contribution in [2.24, 2.45) is 0 Å². The Morgan fingerprint density at radius 3 is 1.30 bits per heavy atom. The Hall–Kier alpha value is -3.16. The van der Waals surface area contributed by atoms with Gasteiger partial charge in [0, 0.05) is 21.9 Å². The molecule has 0 radical (unpaired) electrons. The van der Waals surface area contributed by atoms with Gasteiger partial charge in [0.25, 0.3) is 0 Å². The second kappa shape index (κ2) is 6.17. The van der Waals surface area contributed by atoms with E-state index in [0.717, 1.165) is 0 Å². The van der Waals surface area contributed by atoms with Crippen molar-refractivity contribution in [2.75, 3.05) is 0 Å². The van der Waals surface area contributed by atoms with Crippen molar-refractivity contribution in [1.82, 2.24) is 9.97 Å². The number of rotatable bonds is 0. The van der Waals surface area contributed by atoms with Crippen molar-refractivity contribution < 1.29 is 26.3 Å². The van der Waals surface area contributed by atoms with E-state index in [1.807, 2.05) is 0 Å². The molecule has 0 saturated heterocycles. The van der Waals surface area contributed by atoms with E-state index in [2.05, 4.69) is 9.97 Å². The smallest absolute Gasteiger partial charge is 0.252 e. The largest absolute Gasteiger partial charge is 0.417 e. The fourth-order valence-electron chi connectivity index (χ4n) is 4.25. The van der Waals surface area contributed by atoms with E-state index in [9.17, 15) is 26.3 Å². The van der Waals surface area contributed by atoms with Crippen molar-refractivity contribution >= 4 is 21.8 Å². The SMILES string of the molecule is FC(F)(F)c1c2c(nc3ccccc13)CCc1nc3ccccc3c(C(F)(F)F)c1-2. The van der Waals surface area contributed by atoms with E-state index in [4.69, 9.17) is 0 Å². The Labute approximate surface area is 166 Å². The van der Waals surface area contributed by atoms with E-state index < -0.39 is 34.6 Å². The molecule has 0 atom stereocenters. The molecule has 30 heavy (non-hydrogen) atoms. The maximum absolute atomic E-state index is 14.2. The molecule has 0 aliphatic heterocycles. The Bertz CT molecular complexity index is 1220. The lowest BCUT2D eigenvalue weighted by Crippen LogP contribution is -2.20. The fraction of sp³-hybridized carbons (Fsp3) is 0.182. The van der Waals surface area contributed by atoms with Crippen LogP contribution in [0.1, 0.15) is 22.5 Å². The molecule has 1 aliphatic carbocycles. The number of benzene rings is 2. The first kappa shape index (κ1) is 18.8. The zero-order valence-electron chi connectivity index (χ0n) is 15.2. The van der Waals surface area contributed by atoms with Gasteiger partial charge < -0.3 is 0 Å². The standard InChI is InChI=1S/C22H12F6N2/c23-21(24,25)19-11-5-1-3-7-13(11)29-15-9-10-16-18(17(15)19)20(22(26,27)28)12-6-2-4-8-14(12)30-16/h1-8H,9-10H2. The van der Waals surface area contributed by atoms with Gasteiger partial charge in [0.05, 0.1) is 33.5 Å². The molecule has 4 aromatic rings. The summed E-state index contributed by atoms with van der Waals surface area (Å²) >= 11 is 0. The average molecular weight is 418 g/mol. The van der Waals surface area contributed by atoms with E-state index in [1.165, 1.54) is 36.4 Å². The molecule has 5 rings (SSSR count). The predicted octanol–water partition coefficient (Wildman–Crippen LogP) is 6.59. The number of hydrogen-bond donors (Lipinski definition) is 0. The van der Waals surface area contributed by atoms with Gasteiger partial charge in [-0.05, 0) is 25.0 Å². The molecule has 2 aromatic carbocycles. The van der Waals surface area contributed by atoms with Crippen LogP contribution in [-0.4, -0.2) is 9.97 Å². The zero-order chi connectivity index (χ0) is 21.3. The molecule has 2 nitrogen and oxygen atoms in total. The van der Waals surface area contributed by atoms with Crippen molar-refractivity contribution in [2.45, 2.75) is 25.2 Å². The number of hydrogen-bond acceptors (Lipinski definition) is 2. The molecule has 2 aromatic heterocycles. The summed E-state index contributed by atoms with van der Waals surface area (Å²) in [6, 6.07) is 11.3. The fourth-order valence-corrected chi connectivity index (χ4v) is 4.25. The maximum atomic E-state index is 14.2. The summed E-state index contributed by atoms with van der Waals surface area (Å²) < 4.78 is 85.3. The van der Waals surface area contributed by atoms with E-state index in [1.54, 1.807) is 12.1 Å². The molecule has 2 heterocycles. The van der Waals surface area contributed by atoms with Crippen LogP contribution in [-0.2, 0) is 25.2 Å². The third-order valence-corrected chi connectivity index (χ3v) is 5.35. The van der Waals surface area contributed by atoms with Crippen molar-refractivity contribution in [3.8, 4) is 11.1 Å². The highest BCUT2D eigenvalue weighted by Gasteiger charge is 2.44. The summed E-state index contributed by atoms with van der Waals surface area (Å²) in [5, 5.41) is -0.448. The van der Waals surface area contributed by atoms with Gasteiger partial charge in [-0.3, -0.25) is 9.97 Å². The predicted molar refractivity (Wildman–Crippen MR) is 99.9 cm³/mol. The summed E-state index contributed by atoms with van der Waals surface area (Å²) in [4.78, 5) is 8.59. The first-order chi connectivity index (χ1) is 14.2. The van der Waals surface area contributed by atoms with Crippen molar-refractivity contribution in [3.05, 3.63) is 71.0 Å². The second-order valence-corrected chi connectivity index (χ2v) is 7.15. The van der Waals surface area contributed by atoms with Gasteiger partial charge in [0.15, 0.2) is 0 Å². The van der Waals surface area contributed by atoms with Crippen LogP contribution in [0.3, 0.4) is 0 Å². The highest BCUT2D eigenvalue weighted by atomic mass is 19.4. The monoisotopic (exact) mass is 418 g/mol. The molecule has 0 saturated carbocycles. The maximum Gasteiger partial charge on any atom is 0.417 e. The van der Waals surface area contributed by atoms with E-state index in [-0.39, 0.29) is 46.0 Å². The van der Waals surface area contributed by atoms with Crippen molar-refractivity contribution in [1.29, 1.82) is 0 Å². The molecular formula is C22H12F6N2. The van der Waals surface area contributed by atoms with Crippen LogP contribution in [0.15, 0.2) is 48.5 Å². The van der Waals surface area contributed by atoms with Crippen LogP contribution >= 0.6 is 0 Å². The first-order valence-corrected chi connectivity index (χ1v) is 9.14. The Morgan fingerprint density at radius 2 is 0.933 bits per heavy atom. The van der Waals surface area contributed by atoms with Gasteiger partial charge >= 0.3 is 12.4 Å². The Balaban J connectivity index is 2.03. The van der Waals surface area contributed by atoms with Crippen LogP contribution in [0.25, 0.3) is 32.9 Å². The molecule has 0 fully saturated rings. The molecular weight excluding hydrogens is 406 g/mol. The number of aryl methyl sites for hydroxylation is 2. The number of pyridine rings is 2. The first-order valence-electron chi connectivity index (χ1n) is 9.14. The number of nitrogens with zero attached hydrogens (tertiary/aromatic N) is 2. The van der Waals surface area contributed by atoms with Gasteiger partial charge in [-0.2, -0.15) is 26.3 Å². The summed E-state index contributed by atoms with van der Waals surface area (Å²) in [6.07, 6.45) is -9.57. The molecule has 0 unspecified atom stereocenters. The lowest BCUT2D eigenvalue weighted by atomic mass is 9.82. The van der Waals surface area contributed by atoms with Gasteiger partial charge in [-0.15, -0.1) is 0 Å². The van der Waals surface area contributed by atoms with Crippen LogP contribution in [0.5, 0.6) is 0 Å². The molecule has 0 N–H and O–H groups in total. The molecule has 1 aliphatic rings. The minimum absolute atomic E-state index is 0.0103. The minimum Gasteiger partial charge on any atom is -0.252 e. The molecule has 8 heteroatoms. The number of aromatic nitrogens is 2. The number of para-hydroxylation sites is 2. The number of alkyl halides is 6. The lowest BCUT2D eigenvalue weighted by Gasteiger charge is -2.27. The van der Waals surface area contributed by atoms with Crippen molar-refractivity contribution in [3.63, 3.8) is 0 Å². The lowest BCUT2D eigenvalue weighted by molar-refractivity contribution is -0.138. The minimum atomic E-state index is -4.87. The number of halogens is 6. The molecule has 152 valence electrons. The van der Waals surface area contributed by atoms with Crippen LogP contribution in [0, 0.1) is 0 Å². The average Bonchev–Trinajstić information content (AvgIpc) is 2.68.